The molecule has 15 rings (SSSR count). The molecule has 4 aliphatic rings. The summed E-state index contributed by atoms with van der Waals surface area (Å²) in [6.45, 7) is 41.8. The van der Waals surface area contributed by atoms with E-state index in [0.717, 1.165) is 195 Å². The number of hydrogen-bond acceptors (Lipinski definition) is 4. The quantitative estimate of drug-likeness (QED) is 0.0975. The second-order valence-electron chi connectivity index (χ2n) is 38.7. The Balaban J connectivity index is 1.11. The molecule has 6 aromatic carbocycles. The highest BCUT2D eigenvalue weighted by Gasteiger charge is 2.28. The number of benzene rings is 6. The smallest absolute Gasteiger partial charge is 0.0738 e. The molecule has 0 amide bonds. The molecule has 4 N–H and O–H groups in total. The largest absolute Gasteiger partial charge is 0.353 e. The molecule has 0 saturated heterocycles. The van der Waals surface area contributed by atoms with Gasteiger partial charge in [-0.05, 0) is 235 Å². The molecule has 0 radical (unpaired) electrons. The van der Waals surface area contributed by atoms with E-state index in [9.17, 15) is 0 Å². The highest BCUT2D eigenvalue weighted by molar-refractivity contribution is 6.01. The monoisotopic (exact) mass is 1470 g/mol. The summed E-state index contributed by atoms with van der Waals surface area (Å²) in [4.78, 5) is 39.6. The number of fused-ring (bicyclic) bond motifs is 18. The number of aromatic nitrogens is 8. The predicted molar refractivity (Wildman–Crippen MR) is 480 cm³/mol. The van der Waals surface area contributed by atoms with E-state index in [4.69, 9.17) is 19.9 Å². The summed E-state index contributed by atoms with van der Waals surface area (Å²) < 4.78 is 0. The van der Waals surface area contributed by atoms with Crippen molar-refractivity contribution in [1.29, 1.82) is 0 Å². The van der Waals surface area contributed by atoms with Gasteiger partial charge in [0.25, 0.3) is 0 Å². The van der Waals surface area contributed by atoms with Crippen LogP contribution in [0.3, 0.4) is 0 Å². The van der Waals surface area contributed by atoms with Crippen LogP contribution in [0.4, 0.5) is 0 Å². The van der Waals surface area contributed by atoms with Crippen molar-refractivity contribution < 1.29 is 0 Å². The minimum atomic E-state index is -0.0134. The summed E-state index contributed by atoms with van der Waals surface area (Å²) in [7, 11) is 0. The molecule has 5 aromatic heterocycles. The minimum absolute atomic E-state index is 0.00327. The summed E-state index contributed by atoms with van der Waals surface area (Å²) in [6.07, 6.45) is 23.1. The lowest BCUT2D eigenvalue weighted by atomic mass is 9.84. The van der Waals surface area contributed by atoms with Crippen LogP contribution in [0.5, 0.6) is 0 Å². The number of rotatable bonds is 12. The number of nitrogens with zero attached hydrogens (tertiary/aromatic N) is 4. The van der Waals surface area contributed by atoms with Crippen molar-refractivity contribution in [3.05, 3.63) is 273 Å². The summed E-state index contributed by atoms with van der Waals surface area (Å²) in [5.41, 5.74) is 34.9. The molecule has 566 valence electrons. The maximum atomic E-state index is 5.90. The van der Waals surface area contributed by atoms with Crippen LogP contribution in [0, 0.1) is 32.5 Å². The summed E-state index contributed by atoms with van der Waals surface area (Å²) in [5, 5.41) is 0. The van der Waals surface area contributed by atoms with Gasteiger partial charge in [-0.25, -0.2) is 19.9 Å². The molecular weight excluding hydrogens is 1360 g/mol. The first-order chi connectivity index (χ1) is 53.2. The summed E-state index contributed by atoms with van der Waals surface area (Å²) in [6, 6.07) is 71.7. The number of hydrogen-bond donors (Lipinski definition) is 4. The maximum Gasteiger partial charge on any atom is 0.0738 e. The highest BCUT2D eigenvalue weighted by atomic mass is 14.8. The van der Waals surface area contributed by atoms with E-state index in [0.29, 0.717) is 0 Å². The zero-order valence-electron chi connectivity index (χ0n) is 69.1. The van der Waals surface area contributed by atoms with Crippen molar-refractivity contribution in [2.24, 2.45) is 32.5 Å². The predicted octanol–water partition coefficient (Wildman–Crippen LogP) is 28.3. The maximum absolute atomic E-state index is 5.90. The van der Waals surface area contributed by atoms with Gasteiger partial charge in [0.05, 0.1) is 67.6 Å². The first-order valence-electron chi connectivity index (χ1n) is 40.3. The van der Waals surface area contributed by atoms with Crippen molar-refractivity contribution in [2.45, 2.75) is 163 Å². The Labute approximate surface area is 664 Å². The molecule has 112 heavy (non-hydrogen) atoms. The Morgan fingerprint density at radius 2 is 0.420 bits per heavy atom. The average molecular weight is 1470 g/mol. The first kappa shape index (κ1) is 76.2. The molecule has 0 saturated carbocycles. The van der Waals surface area contributed by atoms with Crippen LogP contribution >= 0.6 is 0 Å². The van der Waals surface area contributed by atoms with E-state index in [1.807, 2.05) is 0 Å². The van der Waals surface area contributed by atoms with E-state index in [-0.39, 0.29) is 32.5 Å². The van der Waals surface area contributed by atoms with Gasteiger partial charge < -0.3 is 19.9 Å². The second-order valence-corrected chi connectivity index (χ2v) is 38.7. The van der Waals surface area contributed by atoms with Crippen LogP contribution in [0.2, 0.25) is 0 Å². The summed E-state index contributed by atoms with van der Waals surface area (Å²) in [5.74, 6) is 0. The molecule has 9 heterocycles. The SMILES string of the molecule is CC(C)(C)Cc1cccc(-c2c3nc(c(-c4ccccc4CC(C)(C)C)c4nc(c(-c5ccccc5CC(C)(C)C)c5ccc([nH]5)c5ccc([nH]5)c(-c5ccccc5CC(C)(C)C)c5nc(c(-c6ccccc6CC(C)(C)C)c6nc(c(-c7cccc(CC(C)(C)C)c7)c7ccc([nH]7)c7ccc2[nH]7)C=C6)C=C5)C=C4)C=C3)c1. The van der Waals surface area contributed by atoms with Gasteiger partial charge in [0.1, 0.15) is 0 Å². The van der Waals surface area contributed by atoms with E-state index < -0.39 is 0 Å². The van der Waals surface area contributed by atoms with E-state index >= 15 is 0 Å². The topological polar surface area (TPSA) is 115 Å². The normalized spacial score (nSPS) is 13.2. The fourth-order valence-electron chi connectivity index (χ4n) is 16.8. The lowest BCUT2D eigenvalue weighted by Crippen LogP contribution is -2.10. The Morgan fingerprint density at radius 1 is 0.205 bits per heavy atom. The van der Waals surface area contributed by atoms with Crippen LogP contribution in [0.1, 0.15) is 204 Å². The van der Waals surface area contributed by atoms with Gasteiger partial charge in [-0.1, -0.05) is 270 Å². The van der Waals surface area contributed by atoms with E-state index in [2.05, 4.69) is 387 Å². The van der Waals surface area contributed by atoms with Crippen molar-refractivity contribution in [3.8, 4) is 66.8 Å². The van der Waals surface area contributed by atoms with Crippen molar-refractivity contribution in [2.75, 3.05) is 0 Å². The van der Waals surface area contributed by atoms with Gasteiger partial charge in [-0.2, -0.15) is 0 Å². The Bertz CT molecular complexity index is 5700. The molecular formula is C104H110N8. The molecule has 11 aromatic rings. The Hall–Kier alpha value is -11.2. The molecule has 0 aliphatic carbocycles. The molecule has 0 spiro atoms. The molecule has 0 fully saturated rings. The Morgan fingerprint density at radius 3 is 0.679 bits per heavy atom. The van der Waals surface area contributed by atoms with Crippen LogP contribution in [-0.4, -0.2) is 39.9 Å². The van der Waals surface area contributed by atoms with Crippen LogP contribution in [0.15, 0.2) is 194 Å². The third-order valence-electron chi connectivity index (χ3n) is 20.9. The third kappa shape index (κ3) is 17.1. The average Bonchev–Trinajstić information content (AvgIpc) is 1.61. The van der Waals surface area contributed by atoms with Gasteiger partial charge in [0, 0.05) is 55.4 Å². The van der Waals surface area contributed by atoms with Crippen LogP contribution in [-0.2, 0) is 38.5 Å². The standard InChI is InChI=1S/C104H110N8/c1-99(2,3)59-65-29-27-35-67(57-65)93-81-45-41-77(105-81)78-42-46-82(106-78)94(68-36-28-30-66(58-68)60-100(4,5)6)84-50-52-88(110-84)98(76-40-26-22-34-72(76)64-104(16,17)18)92-56-54-90(112-92)96(74-38-24-20-32-70(74)62-102(10,11)12)86-48-44-80(108-86)79-43-47-85(107-79)95(73-37-23-19-31-69(73)61-101(7,8)9)89-53-55-91(111-89)97(87-51-49-83(93)109-87)75-39-25-21-33-71(75)63-103(13,14)15/h19-58,105-108H,59-64H2,1-18H3. The van der Waals surface area contributed by atoms with Crippen molar-refractivity contribution in [3.63, 3.8) is 0 Å². The van der Waals surface area contributed by atoms with Gasteiger partial charge in [-0.3, -0.25) is 0 Å². The minimum Gasteiger partial charge on any atom is -0.353 e. The van der Waals surface area contributed by atoms with Crippen LogP contribution < -0.4 is 0 Å². The second kappa shape index (κ2) is 29.8. The van der Waals surface area contributed by atoms with Gasteiger partial charge >= 0.3 is 0 Å². The number of nitrogens with one attached hydrogen (secondary N) is 4. The van der Waals surface area contributed by atoms with Crippen molar-refractivity contribution in [1.82, 2.24) is 39.9 Å². The Kier molecular flexibility index (Phi) is 20.3. The zero-order chi connectivity index (χ0) is 78.8. The number of aromatic amines is 4. The third-order valence-corrected chi connectivity index (χ3v) is 20.9. The lowest BCUT2D eigenvalue weighted by molar-refractivity contribution is 0.411. The van der Waals surface area contributed by atoms with Gasteiger partial charge in [0.2, 0.25) is 0 Å². The molecule has 0 unspecified atom stereocenters. The molecule has 0 atom stereocenters. The molecule has 8 nitrogen and oxygen atoms in total. The van der Waals surface area contributed by atoms with E-state index in [1.165, 1.54) is 33.4 Å². The molecule has 8 heteroatoms. The fraction of sp³-hybridized carbons (Fsp3) is 0.288. The molecule has 4 aliphatic heterocycles. The van der Waals surface area contributed by atoms with Crippen LogP contribution in [0.25, 0.3) is 160 Å². The van der Waals surface area contributed by atoms with Gasteiger partial charge in [0.15, 0.2) is 0 Å². The zero-order valence-corrected chi connectivity index (χ0v) is 69.1. The number of H-pyrrole nitrogens is 4. The fourth-order valence-corrected chi connectivity index (χ4v) is 16.8. The summed E-state index contributed by atoms with van der Waals surface area (Å²) >= 11 is 0. The van der Waals surface area contributed by atoms with Gasteiger partial charge in [-0.15, -0.1) is 0 Å². The van der Waals surface area contributed by atoms with E-state index in [1.54, 1.807) is 0 Å². The highest BCUT2D eigenvalue weighted by Crippen LogP contribution is 2.45. The molecule has 16 bridgehead atoms. The lowest BCUT2D eigenvalue weighted by Gasteiger charge is -2.21. The van der Waals surface area contributed by atoms with Crippen molar-refractivity contribution >= 4 is 92.7 Å². The first-order valence-corrected chi connectivity index (χ1v) is 40.3.